The standard InChI is InChI=1S/C14H26F3NS/c1-3-8-18-13-6-5-11(4-2)10-12(13)7-9-19-14(15,16)17/h11-13,18H,3-10H2,1-2H3. The second kappa shape index (κ2) is 8.40. The Morgan fingerprint density at radius 1 is 1.21 bits per heavy atom. The second-order valence-electron chi connectivity index (χ2n) is 5.49. The Balaban J connectivity index is 2.41. The average Bonchev–Trinajstić information content (AvgIpc) is 2.35. The first kappa shape index (κ1) is 17.2. The van der Waals surface area contributed by atoms with Crippen molar-refractivity contribution in [3.05, 3.63) is 0 Å². The minimum Gasteiger partial charge on any atom is -0.314 e. The molecule has 0 heterocycles. The van der Waals surface area contributed by atoms with Crippen LogP contribution in [0.3, 0.4) is 0 Å². The van der Waals surface area contributed by atoms with E-state index in [1.54, 1.807) is 0 Å². The maximum atomic E-state index is 12.2. The summed E-state index contributed by atoms with van der Waals surface area (Å²) < 4.78 is 36.6. The molecule has 114 valence electrons. The maximum Gasteiger partial charge on any atom is 0.441 e. The van der Waals surface area contributed by atoms with Crippen LogP contribution in [0.4, 0.5) is 13.2 Å². The van der Waals surface area contributed by atoms with E-state index in [-0.39, 0.29) is 17.5 Å². The first-order chi connectivity index (χ1) is 8.96. The highest BCUT2D eigenvalue weighted by atomic mass is 32.2. The molecule has 3 atom stereocenters. The van der Waals surface area contributed by atoms with Crippen molar-refractivity contribution in [3.63, 3.8) is 0 Å². The summed E-state index contributed by atoms with van der Waals surface area (Å²) in [7, 11) is 0. The summed E-state index contributed by atoms with van der Waals surface area (Å²) in [5.41, 5.74) is -4.08. The molecule has 0 bridgehead atoms. The zero-order valence-electron chi connectivity index (χ0n) is 11.9. The molecule has 0 amide bonds. The molecule has 0 aliphatic heterocycles. The van der Waals surface area contributed by atoms with Crippen LogP contribution in [0.5, 0.6) is 0 Å². The van der Waals surface area contributed by atoms with Gasteiger partial charge in [0.05, 0.1) is 0 Å². The van der Waals surface area contributed by atoms with Gasteiger partial charge in [0.1, 0.15) is 0 Å². The van der Waals surface area contributed by atoms with E-state index in [0.29, 0.717) is 24.3 Å². The first-order valence-electron chi connectivity index (χ1n) is 7.40. The van der Waals surface area contributed by atoms with Gasteiger partial charge in [-0.3, -0.25) is 0 Å². The van der Waals surface area contributed by atoms with E-state index in [1.165, 1.54) is 6.42 Å². The van der Waals surface area contributed by atoms with Gasteiger partial charge in [-0.15, -0.1) is 0 Å². The van der Waals surface area contributed by atoms with E-state index in [1.807, 2.05) is 0 Å². The number of halogens is 3. The molecule has 0 aromatic heterocycles. The fourth-order valence-corrected chi connectivity index (χ4v) is 3.63. The number of rotatable bonds is 7. The molecule has 0 aromatic carbocycles. The Kier molecular flexibility index (Phi) is 7.58. The SMILES string of the molecule is CCCNC1CCC(CC)CC1CCSC(F)(F)F. The minimum atomic E-state index is -4.08. The Hall–Kier alpha value is 0.100. The summed E-state index contributed by atoms with van der Waals surface area (Å²) in [6.07, 6.45) is 6.36. The van der Waals surface area contributed by atoms with Gasteiger partial charge >= 0.3 is 5.51 Å². The molecule has 0 aromatic rings. The third-order valence-electron chi connectivity index (χ3n) is 4.08. The van der Waals surface area contributed by atoms with Crippen molar-refractivity contribution in [1.29, 1.82) is 0 Å². The van der Waals surface area contributed by atoms with Crippen LogP contribution in [-0.4, -0.2) is 23.8 Å². The molecule has 5 heteroatoms. The molecule has 1 N–H and O–H groups in total. The number of alkyl halides is 3. The van der Waals surface area contributed by atoms with Gasteiger partial charge in [0.2, 0.25) is 0 Å². The molecule has 1 rings (SSSR count). The molecule has 0 radical (unpaired) electrons. The van der Waals surface area contributed by atoms with Gasteiger partial charge in [-0.25, -0.2) is 0 Å². The Labute approximate surface area is 119 Å². The van der Waals surface area contributed by atoms with Crippen molar-refractivity contribution in [2.45, 2.75) is 63.9 Å². The average molecular weight is 297 g/mol. The molecule has 1 fully saturated rings. The number of nitrogens with one attached hydrogen (secondary N) is 1. The van der Waals surface area contributed by atoms with Crippen molar-refractivity contribution in [1.82, 2.24) is 5.32 Å². The van der Waals surface area contributed by atoms with Gasteiger partial charge in [0, 0.05) is 11.8 Å². The normalized spacial score (nSPS) is 28.6. The molecule has 1 aliphatic rings. The topological polar surface area (TPSA) is 12.0 Å². The third-order valence-corrected chi connectivity index (χ3v) is 4.85. The van der Waals surface area contributed by atoms with E-state index >= 15 is 0 Å². The summed E-state index contributed by atoms with van der Waals surface area (Å²) in [5, 5.41) is 3.52. The molecule has 1 nitrogen and oxygen atoms in total. The number of thioether (sulfide) groups is 1. The highest BCUT2D eigenvalue weighted by Gasteiger charge is 2.32. The molecular weight excluding hydrogens is 271 g/mol. The van der Waals surface area contributed by atoms with Crippen molar-refractivity contribution >= 4 is 11.8 Å². The van der Waals surface area contributed by atoms with Gasteiger partial charge in [-0.2, -0.15) is 13.2 Å². The van der Waals surface area contributed by atoms with E-state index in [4.69, 9.17) is 0 Å². The highest BCUT2D eigenvalue weighted by molar-refractivity contribution is 8.00. The van der Waals surface area contributed by atoms with Gasteiger partial charge in [0.25, 0.3) is 0 Å². The quantitative estimate of drug-likeness (QED) is 0.722. The van der Waals surface area contributed by atoms with Crippen LogP contribution in [0, 0.1) is 11.8 Å². The predicted octanol–water partition coefficient (Wildman–Crippen LogP) is 4.82. The molecule has 1 aliphatic carbocycles. The summed E-state index contributed by atoms with van der Waals surface area (Å²) in [5.74, 6) is 1.33. The summed E-state index contributed by atoms with van der Waals surface area (Å²) in [4.78, 5) is 0. The van der Waals surface area contributed by atoms with Crippen LogP contribution in [0.1, 0.15) is 52.4 Å². The zero-order valence-corrected chi connectivity index (χ0v) is 12.7. The monoisotopic (exact) mass is 297 g/mol. The first-order valence-corrected chi connectivity index (χ1v) is 8.38. The zero-order chi connectivity index (χ0) is 14.3. The number of hydrogen-bond donors (Lipinski definition) is 1. The van der Waals surface area contributed by atoms with E-state index in [0.717, 1.165) is 32.2 Å². The second-order valence-corrected chi connectivity index (χ2v) is 6.65. The molecule has 3 unspecified atom stereocenters. The third kappa shape index (κ3) is 6.89. The van der Waals surface area contributed by atoms with Gasteiger partial charge in [-0.1, -0.05) is 32.0 Å². The molecule has 0 spiro atoms. The van der Waals surface area contributed by atoms with Gasteiger partial charge in [-0.05, 0) is 50.5 Å². The van der Waals surface area contributed by atoms with Crippen molar-refractivity contribution in [2.75, 3.05) is 12.3 Å². The Bertz CT molecular complexity index is 245. The summed E-state index contributed by atoms with van der Waals surface area (Å²) in [6.45, 7) is 5.29. The predicted molar refractivity (Wildman–Crippen MR) is 76.3 cm³/mol. The number of hydrogen-bond acceptors (Lipinski definition) is 2. The lowest BCUT2D eigenvalue weighted by Gasteiger charge is -2.36. The smallest absolute Gasteiger partial charge is 0.314 e. The van der Waals surface area contributed by atoms with E-state index < -0.39 is 5.51 Å². The van der Waals surface area contributed by atoms with E-state index in [9.17, 15) is 13.2 Å². The van der Waals surface area contributed by atoms with Crippen LogP contribution in [0.25, 0.3) is 0 Å². The Morgan fingerprint density at radius 2 is 1.95 bits per heavy atom. The minimum absolute atomic E-state index is 0.134. The maximum absolute atomic E-state index is 12.2. The van der Waals surface area contributed by atoms with Crippen LogP contribution < -0.4 is 5.32 Å². The van der Waals surface area contributed by atoms with Crippen LogP contribution in [0.2, 0.25) is 0 Å². The van der Waals surface area contributed by atoms with E-state index in [2.05, 4.69) is 19.2 Å². The molecule has 19 heavy (non-hydrogen) atoms. The largest absolute Gasteiger partial charge is 0.441 e. The van der Waals surface area contributed by atoms with Gasteiger partial charge < -0.3 is 5.32 Å². The lowest BCUT2D eigenvalue weighted by atomic mass is 9.76. The fraction of sp³-hybridized carbons (Fsp3) is 1.00. The van der Waals surface area contributed by atoms with Crippen molar-refractivity contribution in [3.8, 4) is 0 Å². The molecule has 0 saturated heterocycles. The lowest BCUT2D eigenvalue weighted by molar-refractivity contribution is -0.0328. The molecule has 1 saturated carbocycles. The van der Waals surface area contributed by atoms with Crippen LogP contribution in [-0.2, 0) is 0 Å². The van der Waals surface area contributed by atoms with Crippen molar-refractivity contribution in [2.24, 2.45) is 11.8 Å². The summed E-state index contributed by atoms with van der Waals surface area (Å²) in [6, 6.07) is 0.427. The lowest BCUT2D eigenvalue weighted by Crippen LogP contribution is -2.41. The summed E-state index contributed by atoms with van der Waals surface area (Å²) >= 11 is 0.134. The van der Waals surface area contributed by atoms with Crippen LogP contribution in [0.15, 0.2) is 0 Å². The van der Waals surface area contributed by atoms with Gasteiger partial charge in [0.15, 0.2) is 0 Å². The fourth-order valence-electron chi connectivity index (χ4n) is 2.98. The highest BCUT2D eigenvalue weighted by Crippen LogP contribution is 2.36. The van der Waals surface area contributed by atoms with Crippen molar-refractivity contribution < 1.29 is 13.2 Å². The van der Waals surface area contributed by atoms with Crippen LogP contribution >= 0.6 is 11.8 Å². The molecular formula is C14H26F3NS. The Morgan fingerprint density at radius 3 is 2.53 bits per heavy atom.